The number of aryl methyl sites for hydroxylation is 2. The van der Waals surface area contributed by atoms with Gasteiger partial charge in [-0.2, -0.15) is 0 Å². The molecule has 40 heavy (non-hydrogen) atoms. The molecule has 0 aliphatic carbocycles. The van der Waals surface area contributed by atoms with E-state index in [1.807, 2.05) is 84.0 Å². The average molecular weight is 564 g/mol. The van der Waals surface area contributed by atoms with Gasteiger partial charge >= 0.3 is 0 Å². The van der Waals surface area contributed by atoms with E-state index in [1.165, 1.54) is 21.3 Å². The van der Waals surface area contributed by atoms with Crippen LogP contribution in [0.25, 0.3) is 0 Å². The van der Waals surface area contributed by atoms with Gasteiger partial charge in [-0.15, -0.1) is 0 Å². The molecule has 1 N–H and O–H groups in total. The molecule has 0 radical (unpaired) electrons. The van der Waals surface area contributed by atoms with Crippen LogP contribution in [-0.4, -0.2) is 49.8 Å². The standard InChI is InChI=1S/C32H41N3O4S/c1-7-28(31(37)33-32(4,5)6)34(21-20-26-14-10-8-11-15-26)30(36)23-35(29-22-24(2)18-19-25(29)3)40(38,39)27-16-12-9-13-17-27/h8-19,22,28H,7,20-21,23H2,1-6H3,(H,33,37)/t28-/m1/s1. The van der Waals surface area contributed by atoms with Gasteiger partial charge < -0.3 is 10.2 Å². The Kier molecular flexibility index (Phi) is 10.1. The number of hydrogen-bond acceptors (Lipinski definition) is 4. The van der Waals surface area contributed by atoms with Crippen molar-refractivity contribution in [2.24, 2.45) is 0 Å². The van der Waals surface area contributed by atoms with Gasteiger partial charge in [-0.25, -0.2) is 8.42 Å². The fourth-order valence-corrected chi connectivity index (χ4v) is 6.06. The summed E-state index contributed by atoms with van der Waals surface area (Å²) in [6, 6.07) is 22.6. The average Bonchev–Trinajstić information content (AvgIpc) is 2.91. The fraction of sp³-hybridized carbons (Fsp3) is 0.375. The number of nitrogens with one attached hydrogen (secondary N) is 1. The molecule has 0 saturated carbocycles. The van der Waals surface area contributed by atoms with Crippen LogP contribution in [0.4, 0.5) is 5.69 Å². The van der Waals surface area contributed by atoms with Crippen molar-refractivity contribution in [3.63, 3.8) is 0 Å². The molecule has 3 aromatic carbocycles. The molecule has 0 unspecified atom stereocenters. The third kappa shape index (κ3) is 7.94. The van der Waals surface area contributed by atoms with Crippen molar-refractivity contribution in [3.05, 3.63) is 95.6 Å². The lowest BCUT2D eigenvalue weighted by Crippen LogP contribution is -2.56. The highest BCUT2D eigenvalue weighted by molar-refractivity contribution is 7.92. The Morgan fingerprint density at radius 3 is 2.08 bits per heavy atom. The number of carbonyl (C=O) groups excluding carboxylic acids is 2. The molecule has 0 aliphatic rings. The highest BCUT2D eigenvalue weighted by Gasteiger charge is 2.34. The number of carbonyl (C=O) groups is 2. The molecule has 3 rings (SSSR count). The molecule has 0 bridgehead atoms. The summed E-state index contributed by atoms with van der Waals surface area (Å²) in [4.78, 5) is 29.1. The van der Waals surface area contributed by atoms with E-state index >= 15 is 0 Å². The van der Waals surface area contributed by atoms with Crippen LogP contribution in [-0.2, 0) is 26.0 Å². The van der Waals surface area contributed by atoms with Gasteiger partial charge in [-0.05, 0) is 82.3 Å². The first kappa shape index (κ1) is 30.9. The van der Waals surface area contributed by atoms with E-state index in [1.54, 1.807) is 24.3 Å². The molecular weight excluding hydrogens is 522 g/mol. The van der Waals surface area contributed by atoms with Crippen LogP contribution in [0.5, 0.6) is 0 Å². The second-order valence-corrected chi connectivity index (χ2v) is 13.0. The molecule has 0 aliphatic heterocycles. The second-order valence-electron chi connectivity index (χ2n) is 11.1. The van der Waals surface area contributed by atoms with Crippen LogP contribution in [0, 0.1) is 13.8 Å². The van der Waals surface area contributed by atoms with E-state index in [0.29, 0.717) is 18.5 Å². The SMILES string of the molecule is CC[C@H](C(=O)NC(C)(C)C)N(CCc1ccccc1)C(=O)CN(c1cc(C)ccc1C)S(=O)(=O)c1ccccc1. The minimum atomic E-state index is -4.09. The summed E-state index contributed by atoms with van der Waals surface area (Å²) in [5.41, 5.74) is 2.58. The van der Waals surface area contributed by atoms with Crippen molar-refractivity contribution in [1.82, 2.24) is 10.2 Å². The maximum absolute atomic E-state index is 14.1. The number of amides is 2. The Balaban J connectivity index is 2.05. The molecule has 2 amide bonds. The van der Waals surface area contributed by atoms with E-state index in [4.69, 9.17) is 0 Å². The minimum absolute atomic E-state index is 0.0945. The predicted molar refractivity (Wildman–Crippen MR) is 161 cm³/mol. The zero-order valence-electron chi connectivity index (χ0n) is 24.3. The first-order valence-corrected chi connectivity index (χ1v) is 15.1. The Labute approximate surface area is 239 Å². The first-order chi connectivity index (χ1) is 18.8. The summed E-state index contributed by atoms with van der Waals surface area (Å²) >= 11 is 0. The highest BCUT2D eigenvalue weighted by atomic mass is 32.2. The van der Waals surface area contributed by atoms with Gasteiger partial charge in [0, 0.05) is 12.1 Å². The third-order valence-electron chi connectivity index (χ3n) is 6.61. The summed E-state index contributed by atoms with van der Waals surface area (Å²) in [7, 11) is -4.09. The Morgan fingerprint density at radius 1 is 0.900 bits per heavy atom. The molecular formula is C32H41N3O4S. The van der Waals surface area contributed by atoms with Crippen molar-refractivity contribution < 1.29 is 18.0 Å². The Hall–Kier alpha value is -3.65. The molecule has 7 nitrogen and oxygen atoms in total. The lowest BCUT2D eigenvalue weighted by atomic mass is 10.1. The molecule has 0 heterocycles. The van der Waals surface area contributed by atoms with Crippen LogP contribution in [0.3, 0.4) is 0 Å². The molecule has 3 aromatic rings. The van der Waals surface area contributed by atoms with Crippen molar-refractivity contribution in [2.75, 3.05) is 17.4 Å². The Bertz CT molecular complexity index is 1400. The summed E-state index contributed by atoms with van der Waals surface area (Å²) in [5.74, 6) is -0.701. The van der Waals surface area contributed by atoms with Gasteiger partial charge in [0.15, 0.2) is 0 Å². The zero-order chi connectivity index (χ0) is 29.5. The fourth-order valence-electron chi connectivity index (χ4n) is 4.57. The lowest BCUT2D eigenvalue weighted by Gasteiger charge is -2.35. The molecule has 8 heteroatoms. The van der Waals surface area contributed by atoms with Crippen molar-refractivity contribution in [2.45, 2.75) is 70.9 Å². The number of benzene rings is 3. The first-order valence-electron chi connectivity index (χ1n) is 13.6. The van der Waals surface area contributed by atoms with E-state index in [-0.39, 0.29) is 17.3 Å². The Morgan fingerprint density at radius 2 is 1.50 bits per heavy atom. The summed E-state index contributed by atoms with van der Waals surface area (Å²) < 4.78 is 29.1. The maximum Gasteiger partial charge on any atom is 0.264 e. The maximum atomic E-state index is 14.1. The monoisotopic (exact) mass is 563 g/mol. The molecule has 0 saturated heterocycles. The number of anilines is 1. The van der Waals surface area contributed by atoms with Crippen LogP contribution in [0.15, 0.2) is 83.8 Å². The molecule has 0 spiro atoms. The van der Waals surface area contributed by atoms with Crippen LogP contribution in [0.1, 0.15) is 50.8 Å². The molecule has 0 fully saturated rings. The molecule has 0 aromatic heterocycles. The summed E-state index contributed by atoms with van der Waals surface area (Å²) in [5, 5.41) is 3.00. The van der Waals surface area contributed by atoms with Crippen molar-refractivity contribution >= 4 is 27.5 Å². The van der Waals surface area contributed by atoms with E-state index < -0.39 is 34.1 Å². The van der Waals surface area contributed by atoms with Crippen molar-refractivity contribution in [3.8, 4) is 0 Å². The summed E-state index contributed by atoms with van der Waals surface area (Å²) in [6.07, 6.45) is 0.915. The smallest absolute Gasteiger partial charge is 0.264 e. The minimum Gasteiger partial charge on any atom is -0.350 e. The van der Waals surface area contributed by atoms with E-state index in [0.717, 1.165) is 16.7 Å². The van der Waals surface area contributed by atoms with Crippen LogP contribution in [0.2, 0.25) is 0 Å². The number of sulfonamides is 1. The number of nitrogens with zero attached hydrogens (tertiary/aromatic N) is 2. The molecule has 214 valence electrons. The van der Waals surface area contributed by atoms with Gasteiger partial charge in [-0.3, -0.25) is 13.9 Å². The largest absolute Gasteiger partial charge is 0.350 e. The number of hydrogen-bond donors (Lipinski definition) is 1. The van der Waals surface area contributed by atoms with Gasteiger partial charge in [0.25, 0.3) is 10.0 Å². The third-order valence-corrected chi connectivity index (χ3v) is 8.39. The summed E-state index contributed by atoms with van der Waals surface area (Å²) in [6.45, 7) is 11.1. The zero-order valence-corrected chi connectivity index (χ0v) is 25.2. The predicted octanol–water partition coefficient (Wildman–Crippen LogP) is 5.26. The van der Waals surface area contributed by atoms with E-state index in [2.05, 4.69) is 5.32 Å². The van der Waals surface area contributed by atoms with Gasteiger partial charge in [0.1, 0.15) is 12.6 Å². The normalized spacial score (nSPS) is 12.4. The topological polar surface area (TPSA) is 86.8 Å². The lowest BCUT2D eigenvalue weighted by molar-refractivity contribution is -0.140. The quantitative estimate of drug-likeness (QED) is 0.345. The van der Waals surface area contributed by atoms with Crippen molar-refractivity contribution in [1.29, 1.82) is 0 Å². The van der Waals surface area contributed by atoms with Gasteiger partial charge in [0.2, 0.25) is 11.8 Å². The van der Waals surface area contributed by atoms with Crippen LogP contribution < -0.4 is 9.62 Å². The highest BCUT2D eigenvalue weighted by Crippen LogP contribution is 2.28. The number of rotatable bonds is 11. The second kappa shape index (κ2) is 13.1. The van der Waals surface area contributed by atoms with Gasteiger partial charge in [-0.1, -0.05) is 67.6 Å². The van der Waals surface area contributed by atoms with Crippen LogP contribution >= 0.6 is 0 Å². The van der Waals surface area contributed by atoms with Gasteiger partial charge in [0.05, 0.1) is 10.6 Å². The van der Waals surface area contributed by atoms with E-state index in [9.17, 15) is 18.0 Å². The molecule has 1 atom stereocenters.